The summed E-state index contributed by atoms with van der Waals surface area (Å²) in [6.07, 6.45) is 1.02. The lowest BCUT2D eigenvalue weighted by molar-refractivity contribution is 1.19. The molecule has 1 aliphatic carbocycles. The minimum absolute atomic E-state index is 0.861. The SMILES string of the molecule is CC1=C(c2c(N)ccc3ccccc23)c2ccccc2C1. The van der Waals surface area contributed by atoms with Crippen LogP contribution < -0.4 is 5.73 Å². The van der Waals surface area contributed by atoms with Crippen molar-refractivity contribution in [3.63, 3.8) is 0 Å². The number of anilines is 1. The van der Waals surface area contributed by atoms with Gasteiger partial charge in [0.1, 0.15) is 0 Å². The smallest absolute Gasteiger partial charge is 0.0400 e. The fraction of sp³-hybridized carbons (Fsp3) is 0.100. The number of fused-ring (bicyclic) bond motifs is 2. The highest BCUT2D eigenvalue weighted by Crippen LogP contribution is 2.42. The molecular formula is C20H17N. The van der Waals surface area contributed by atoms with Gasteiger partial charge in [0.05, 0.1) is 0 Å². The van der Waals surface area contributed by atoms with Crippen molar-refractivity contribution < 1.29 is 0 Å². The quantitative estimate of drug-likeness (QED) is 0.632. The molecule has 0 saturated heterocycles. The molecule has 0 aliphatic heterocycles. The minimum atomic E-state index is 0.861. The van der Waals surface area contributed by atoms with Gasteiger partial charge in [-0.1, -0.05) is 60.2 Å². The highest BCUT2D eigenvalue weighted by Gasteiger charge is 2.22. The molecule has 0 heterocycles. The van der Waals surface area contributed by atoms with Crippen LogP contribution in [-0.2, 0) is 6.42 Å². The number of benzene rings is 3. The van der Waals surface area contributed by atoms with Gasteiger partial charge in [0.25, 0.3) is 0 Å². The van der Waals surface area contributed by atoms with E-state index in [0.717, 1.165) is 12.1 Å². The van der Waals surface area contributed by atoms with Crippen LogP contribution in [0.4, 0.5) is 5.69 Å². The van der Waals surface area contributed by atoms with Gasteiger partial charge in [0.2, 0.25) is 0 Å². The van der Waals surface area contributed by atoms with Crippen LogP contribution in [0.15, 0.2) is 66.2 Å². The van der Waals surface area contributed by atoms with Gasteiger partial charge in [-0.05, 0) is 46.9 Å². The molecule has 4 rings (SSSR count). The van der Waals surface area contributed by atoms with Crippen LogP contribution in [0.25, 0.3) is 16.3 Å². The topological polar surface area (TPSA) is 26.0 Å². The van der Waals surface area contributed by atoms with E-state index >= 15 is 0 Å². The van der Waals surface area contributed by atoms with E-state index in [9.17, 15) is 0 Å². The molecule has 0 fully saturated rings. The molecule has 0 radical (unpaired) electrons. The van der Waals surface area contributed by atoms with Gasteiger partial charge < -0.3 is 5.73 Å². The summed E-state index contributed by atoms with van der Waals surface area (Å²) in [6, 6.07) is 21.3. The van der Waals surface area contributed by atoms with E-state index in [4.69, 9.17) is 5.73 Å². The first-order valence-corrected chi connectivity index (χ1v) is 7.31. The molecule has 0 unspecified atom stereocenters. The first kappa shape index (κ1) is 12.2. The third-order valence-electron chi connectivity index (χ3n) is 4.38. The summed E-state index contributed by atoms with van der Waals surface area (Å²) < 4.78 is 0. The zero-order valence-corrected chi connectivity index (χ0v) is 12.1. The Balaban J connectivity index is 2.08. The average molecular weight is 271 g/mol. The average Bonchev–Trinajstić information content (AvgIpc) is 2.83. The second-order valence-corrected chi connectivity index (χ2v) is 5.74. The summed E-state index contributed by atoms with van der Waals surface area (Å²) >= 11 is 0. The number of allylic oxidation sites excluding steroid dienone is 1. The van der Waals surface area contributed by atoms with Crippen LogP contribution in [0.3, 0.4) is 0 Å². The molecule has 102 valence electrons. The summed E-state index contributed by atoms with van der Waals surface area (Å²) in [6.45, 7) is 2.22. The lowest BCUT2D eigenvalue weighted by Gasteiger charge is -2.14. The van der Waals surface area contributed by atoms with Gasteiger partial charge in [0, 0.05) is 11.3 Å². The van der Waals surface area contributed by atoms with Gasteiger partial charge >= 0.3 is 0 Å². The summed E-state index contributed by atoms with van der Waals surface area (Å²) in [4.78, 5) is 0. The summed E-state index contributed by atoms with van der Waals surface area (Å²) in [5.41, 5.74) is 13.9. The largest absolute Gasteiger partial charge is 0.398 e. The van der Waals surface area contributed by atoms with Gasteiger partial charge in [0.15, 0.2) is 0 Å². The number of nitrogens with two attached hydrogens (primary N) is 1. The second-order valence-electron chi connectivity index (χ2n) is 5.74. The summed E-state index contributed by atoms with van der Waals surface area (Å²) in [5.74, 6) is 0. The van der Waals surface area contributed by atoms with Crippen molar-refractivity contribution in [1.29, 1.82) is 0 Å². The zero-order valence-electron chi connectivity index (χ0n) is 12.1. The molecule has 2 N–H and O–H groups in total. The van der Waals surface area contributed by atoms with E-state index in [1.54, 1.807) is 0 Å². The van der Waals surface area contributed by atoms with E-state index in [1.165, 1.54) is 38.6 Å². The lowest BCUT2D eigenvalue weighted by atomic mass is 9.91. The van der Waals surface area contributed by atoms with Crippen LogP contribution in [0.1, 0.15) is 23.6 Å². The van der Waals surface area contributed by atoms with E-state index in [2.05, 4.69) is 61.5 Å². The maximum Gasteiger partial charge on any atom is 0.0400 e. The number of rotatable bonds is 1. The van der Waals surface area contributed by atoms with Crippen LogP contribution >= 0.6 is 0 Å². The molecule has 0 saturated carbocycles. The molecule has 0 amide bonds. The second kappa shape index (κ2) is 4.49. The Labute approximate surface area is 124 Å². The number of nitrogen functional groups attached to an aromatic ring is 1. The maximum atomic E-state index is 6.35. The normalized spacial score (nSPS) is 13.8. The Morgan fingerprint density at radius 2 is 1.62 bits per heavy atom. The summed E-state index contributed by atoms with van der Waals surface area (Å²) in [7, 11) is 0. The fourth-order valence-electron chi connectivity index (χ4n) is 3.44. The molecule has 0 atom stereocenters. The highest BCUT2D eigenvalue weighted by molar-refractivity contribution is 6.04. The molecule has 3 aromatic rings. The molecule has 1 heteroatoms. The van der Waals surface area contributed by atoms with Crippen molar-refractivity contribution in [2.75, 3.05) is 5.73 Å². The van der Waals surface area contributed by atoms with E-state index in [-0.39, 0.29) is 0 Å². The Morgan fingerprint density at radius 1 is 0.857 bits per heavy atom. The molecule has 1 aliphatic rings. The predicted octanol–water partition coefficient (Wildman–Crippen LogP) is 4.80. The molecule has 1 nitrogen and oxygen atoms in total. The zero-order chi connectivity index (χ0) is 14.4. The minimum Gasteiger partial charge on any atom is -0.398 e. The molecule has 0 aromatic heterocycles. The fourth-order valence-corrected chi connectivity index (χ4v) is 3.44. The molecule has 0 bridgehead atoms. The van der Waals surface area contributed by atoms with Gasteiger partial charge in [-0.2, -0.15) is 0 Å². The van der Waals surface area contributed by atoms with Gasteiger partial charge in [-0.15, -0.1) is 0 Å². The van der Waals surface area contributed by atoms with Crippen molar-refractivity contribution in [3.8, 4) is 0 Å². The van der Waals surface area contributed by atoms with Crippen molar-refractivity contribution in [2.45, 2.75) is 13.3 Å². The molecule has 0 spiro atoms. The van der Waals surface area contributed by atoms with E-state index < -0.39 is 0 Å². The van der Waals surface area contributed by atoms with Gasteiger partial charge in [-0.25, -0.2) is 0 Å². The van der Waals surface area contributed by atoms with E-state index in [1.807, 2.05) is 6.07 Å². The third-order valence-corrected chi connectivity index (χ3v) is 4.38. The van der Waals surface area contributed by atoms with Crippen molar-refractivity contribution in [2.24, 2.45) is 0 Å². The van der Waals surface area contributed by atoms with Crippen molar-refractivity contribution >= 4 is 22.0 Å². The predicted molar refractivity (Wildman–Crippen MR) is 90.2 cm³/mol. The summed E-state index contributed by atoms with van der Waals surface area (Å²) in [5, 5.41) is 2.48. The molecular weight excluding hydrogens is 254 g/mol. The first-order chi connectivity index (χ1) is 10.3. The maximum absolute atomic E-state index is 6.35. The Morgan fingerprint density at radius 3 is 2.52 bits per heavy atom. The molecule has 3 aromatic carbocycles. The monoisotopic (exact) mass is 271 g/mol. The van der Waals surface area contributed by atoms with Crippen LogP contribution in [0.2, 0.25) is 0 Å². The van der Waals surface area contributed by atoms with Crippen LogP contribution in [0.5, 0.6) is 0 Å². The van der Waals surface area contributed by atoms with Crippen molar-refractivity contribution in [3.05, 3.63) is 82.9 Å². The Kier molecular flexibility index (Phi) is 2.61. The Hall–Kier alpha value is -2.54. The lowest BCUT2D eigenvalue weighted by Crippen LogP contribution is -1.96. The number of hydrogen-bond donors (Lipinski definition) is 1. The third kappa shape index (κ3) is 1.78. The highest BCUT2D eigenvalue weighted by atomic mass is 14.6. The van der Waals surface area contributed by atoms with Crippen LogP contribution in [0, 0.1) is 0 Å². The Bertz CT molecular complexity index is 887. The van der Waals surface area contributed by atoms with Gasteiger partial charge in [-0.3, -0.25) is 0 Å². The number of hydrogen-bond acceptors (Lipinski definition) is 1. The standard InChI is InChI=1S/C20H17N/c1-13-12-15-7-3-5-9-17(15)19(13)20-16-8-4-2-6-14(16)10-11-18(20)21/h2-11H,12,21H2,1H3. The van der Waals surface area contributed by atoms with E-state index in [0.29, 0.717) is 0 Å². The van der Waals surface area contributed by atoms with Crippen LogP contribution in [-0.4, -0.2) is 0 Å². The molecule has 21 heavy (non-hydrogen) atoms. The first-order valence-electron chi connectivity index (χ1n) is 7.31. The van der Waals surface area contributed by atoms with Crippen molar-refractivity contribution in [1.82, 2.24) is 0 Å².